The monoisotopic (exact) mass is 446 g/mol. The molecule has 33 heavy (non-hydrogen) atoms. The fourth-order valence-electron chi connectivity index (χ4n) is 7.98. The van der Waals surface area contributed by atoms with E-state index in [0.29, 0.717) is 6.61 Å². The highest BCUT2D eigenvalue weighted by atomic mass is 16.5. The summed E-state index contributed by atoms with van der Waals surface area (Å²) in [5.41, 5.74) is 9.28. The number of nitrogens with zero attached hydrogens (tertiary/aromatic N) is 1. The molecule has 0 amide bonds. The van der Waals surface area contributed by atoms with Crippen LogP contribution >= 0.6 is 0 Å². The Balaban J connectivity index is 1.75. The molecule has 0 saturated heterocycles. The molecular formula is C31H44NO+. The van der Waals surface area contributed by atoms with E-state index in [1.165, 1.54) is 55.5 Å². The first-order valence-electron chi connectivity index (χ1n) is 13.7. The first kappa shape index (κ1) is 23.1. The lowest BCUT2D eigenvalue weighted by Crippen LogP contribution is -2.69. The molecule has 3 aliphatic carbocycles. The van der Waals surface area contributed by atoms with E-state index in [9.17, 15) is 0 Å². The molecule has 2 bridgehead atoms. The Bertz CT molecular complexity index is 1040. The molecule has 0 spiro atoms. The van der Waals surface area contributed by atoms with Crippen LogP contribution in [-0.2, 0) is 22.3 Å². The van der Waals surface area contributed by atoms with Crippen molar-refractivity contribution in [1.82, 2.24) is 0 Å². The van der Waals surface area contributed by atoms with Crippen LogP contribution in [0.25, 0.3) is 11.3 Å². The van der Waals surface area contributed by atoms with Crippen LogP contribution in [0.5, 0.6) is 0 Å². The van der Waals surface area contributed by atoms with Gasteiger partial charge in [-0.25, -0.2) is 0 Å². The number of benzene rings is 1. The summed E-state index contributed by atoms with van der Waals surface area (Å²) < 4.78 is 8.33. The molecule has 1 aromatic carbocycles. The van der Waals surface area contributed by atoms with E-state index in [2.05, 4.69) is 69.5 Å². The highest BCUT2D eigenvalue weighted by Crippen LogP contribution is 2.58. The lowest BCUT2D eigenvalue weighted by Gasteiger charge is -2.49. The molecule has 1 aliphatic heterocycles. The molecule has 178 valence electrons. The Kier molecular flexibility index (Phi) is 5.96. The summed E-state index contributed by atoms with van der Waals surface area (Å²) in [5, 5.41) is 0. The highest BCUT2D eigenvalue weighted by molar-refractivity contribution is 5.69. The largest absolute Gasteiger partial charge is 0.374 e. The van der Waals surface area contributed by atoms with Gasteiger partial charge in [-0.05, 0) is 85.6 Å². The van der Waals surface area contributed by atoms with Crippen molar-refractivity contribution < 1.29 is 9.30 Å². The molecule has 0 radical (unpaired) electrons. The number of rotatable bonds is 7. The summed E-state index contributed by atoms with van der Waals surface area (Å²) in [4.78, 5) is 0. The van der Waals surface area contributed by atoms with Crippen LogP contribution < -0.4 is 4.57 Å². The first-order chi connectivity index (χ1) is 15.9. The number of aromatic nitrogens is 1. The minimum absolute atomic E-state index is 0.0166. The van der Waals surface area contributed by atoms with Crippen molar-refractivity contribution in [3.05, 3.63) is 52.7 Å². The van der Waals surface area contributed by atoms with Crippen LogP contribution in [-0.4, -0.2) is 7.11 Å². The maximum atomic E-state index is 5.68. The van der Waals surface area contributed by atoms with Gasteiger partial charge >= 0.3 is 0 Å². The zero-order valence-corrected chi connectivity index (χ0v) is 21.8. The van der Waals surface area contributed by atoms with Crippen LogP contribution in [0, 0.1) is 5.92 Å². The van der Waals surface area contributed by atoms with Gasteiger partial charge in [-0.2, -0.15) is 4.57 Å². The summed E-state index contributed by atoms with van der Waals surface area (Å²) in [6.45, 7) is 12.8. The molecule has 1 saturated carbocycles. The predicted octanol–water partition coefficient (Wildman–Crippen LogP) is 7.77. The lowest BCUT2D eigenvalue weighted by molar-refractivity contribution is -0.772. The molecule has 0 N–H and O–H groups in total. The summed E-state index contributed by atoms with van der Waals surface area (Å²) in [6, 6.07) is 12.2. The molecule has 4 aliphatic rings. The van der Waals surface area contributed by atoms with Gasteiger partial charge in [0.1, 0.15) is 6.61 Å². The number of hydrogen-bond donors (Lipinski definition) is 0. The Labute approximate surface area is 201 Å². The quantitative estimate of drug-likeness (QED) is 0.396. The summed E-state index contributed by atoms with van der Waals surface area (Å²) >= 11 is 0. The van der Waals surface area contributed by atoms with Gasteiger partial charge in [0.2, 0.25) is 11.4 Å². The maximum absolute atomic E-state index is 5.68. The second-order valence-electron chi connectivity index (χ2n) is 11.5. The second-order valence-corrected chi connectivity index (χ2v) is 11.5. The minimum Gasteiger partial charge on any atom is -0.374 e. The molecule has 2 heterocycles. The molecule has 5 atom stereocenters. The van der Waals surface area contributed by atoms with E-state index < -0.39 is 0 Å². The van der Waals surface area contributed by atoms with Crippen molar-refractivity contribution in [2.45, 2.75) is 115 Å². The number of unbranched alkanes of at least 4 members (excludes halogenated alkanes) is 1. The second kappa shape index (κ2) is 8.52. The third-order valence-electron chi connectivity index (χ3n) is 10.3. The number of hydrogen-bond acceptors (Lipinski definition) is 1. The van der Waals surface area contributed by atoms with Gasteiger partial charge in [0.25, 0.3) is 0 Å². The molecule has 5 unspecified atom stereocenters. The topological polar surface area (TPSA) is 13.1 Å². The van der Waals surface area contributed by atoms with Crippen LogP contribution in [0.4, 0.5) is 0 Å². The molecule has 2 nitrogen and oxygen atoms in total. The zero-order valence-electron chi connectivity index (χ0n) is 21.8. The van der Waals surface area contributed by atoms with Crippen molar-refractivity contribution in [3.63, 3.8) is 0 Å². The number of methoxy groups -OCH3 is 1. The van der Waals surface area contributed by atoms with E-state index in [1.54, 1.807) is 16.7 Å². The average molecular weight is 447 g/mol. The van der Waals surface area contributed by atoms with Crippen LogP contribution in [0.1, 0.15) is 120 Å². The number of ether oxygens (including phenoxy) is 1. The fourth-order valence-corrected chi connectivity index (χ4v) is 7.98. The van der Waals surface area contributed by atoms with Gasteiger partial charge in [-0.3, -0.25) is 0 Å². The summed E-state index contributed by atoms with van der Waals surface area (Å²) in [6.07, 6.45) is 10.6. The molecule has 1 fully saturated rings. The minimum atomic E-state index is 0.0166. The summed E-state index contributed by atoms with van der Waals surface area (Å²) in [5.74, 6) is 2.45. The standard InChI is InChI=1S/C31H44NO/c1-7-10-12-21-17-22-15-16-24(21)26-19-28-27(18-25(22)26)29-14-11-13-23(20-33-6)32(29)31(5,9-3)30(28,4)8-2/h11,13-14,18-19,21-22,24H,7-10,12,15-17,20H2,1-6H3/q+1. The highest BCUT2D eigenvalue weighted by Gasteiger charge is 2.58. The Hall–Kier alpha value is -1.67. The zero-order chi connectivity index (χ0) is 23.4. The van der Waals surface area contributed by atoms with Crippen molar-refractivity contribution in [2.75, 3.05) is 7.11 Å². The maximum Gasteiger partial charge on any atom is 0.213 e. The van der Waals surface area contributed by atoms with E-state index in [1.807, 2.05) is 7.11 Å². The van der Waals surface area contributed by atoms with Crippen molar-refractivity contribution >= 4 is 0 Å². The normalized spacial score (nSPS) is 31.8. The van der Waals surface area contributed by atoms with Gasteiger partial charge < -0.3 is 4.74 Å². The van der Waals surface area contributed by atoms with Crippen LogP contribution in [0.2, 0.25) is 0 Å². The van der Waals surface area contributed by atoms with Crippen molar-refractivity contribution in [1.29, 1.82) is 0 Å². The van der Waals surface area contributed by atoms with Gasteiger partial charge in [-0.1, -0.05) is 39.7 Å². The molecule has 2 heteroatoms. The molecule has 2 aromatic rings. The van der Waals surface area contributed by atoms with E-state index in [-0.39, 0.29) is 11.0 Å². The van der Waals surface area contributed by atoms with Gasteiger partial charge in [0.15, 0.2) is 5.54 Å². The molecular weight excluding hydrogens is 402 g/mol. The van der Waals surface area contributed by atoms with Crippen LogP contribution in [0.3, 0.4) is 0 Å². The third-order valence-corrected chi connectivity index (χ3v) is 10.3. The third kappa shape index (κ3) is 3.19. The predicted molar refractivity (Wildman–Crippen MR) is 137 cm³/mol. The number of pyridine rings is 1. The van der Waals surface area contributed by atoms with Crippen molar-refractivity contribution in [3.8, 4) is 11.3 Å². The SMILES string of the molecule is CCCCC1CC2CCC1c1cc3c(cc12)-c1cccc(COC)[n+]1C(C)(CC)C3(C)CC. The Morgan fingerprint density at radius 3 is 2.55 bits per heavy atom. The molecule has 6 rings (SSSR count). The van der Waals surface area contributed by atoms with Crippen molar-refractivity contribution in [2.24, 2.45) is 5.92 Å². The molecule has 1 aromatic heterocycles. The lowest BCUT2D eigenvalue weighted by atomic mass is 9.56. The van der Waals surface area contributed by atoms with Gasteiger partial charge in [0.05, 0.1) is 11.0 Å². The van der Waals surface area contributed by atoms with Crippen LogP contribution in [0.15, 0.2) is 30.3 Å². The average Bonchev–Trinajstić information content (AvgIpc) is 2.85. The summed E-state index contributed by atoms with van der Waals surface area (Å²) in [7, 11) is 1.82. The van der Waals surface area contributed by atoms with E-state index in [4.69, 9.17) is 4.74 Å². The first-order valence-corrected chi connectivity index (χ1v) is 13.7. The van der Waals surface area contributed by atoms with E-state index >= 15 is 0 Å². The van der Waals surface area contributed by atoms with Gasteiger partial charge in [0, 0.05) is 32.6 Å². The Morgan fingerprint density at radius 1 is 1.03 bits per heavy atom. The smallest absolute Gasteiger partial charge is 0.213 e. The van der Waals surface area contributed by atoms with Gasteiger partial charge in [-0.15, -0.1) is 0 Å². The number of fused-ring (bicyclic) bond motifs is 5. The van der Waals surface area contributed by atoms with E-state index in [0.717, 1.165) is 30.6 Å². The fraction of sp³-hybridized carbons (Fsp3) is 0.645. The Morgan fingerprint density at radius 2 is 1.85 bits per heavy atom.